The van der Waals surface area contributed by atoms with Crippen molar-refractivity contribution in [1.82, 2.24) is 0 Å². The van der Waals surface area contributed by atoms with Gasteiger partial charge in [0.15, 0.2) is 0 Å². The molecule has 30 heavy (non-hydrogen) atoms. The summed E-state index contributed by atoms with van der Waals surface area (Å²) in [5, 5.41) is 48.0. The van der Waals surface area contributed by atoms with E-state index in [1.54, 1.807) is 12.1 Å². The molecule has 11 heteroatoms. The molecule has 0 fully saturated rings. The van der Waals surface area contributed by atoms with E-state index in [2.05, 4.69) is 10.3 Å². The first kappa shape index (κ1) is 23.9. The summed E-state index contributed by atoms with van der Waals surface area (Å²) in [4.78, 5) is -0.349. The molecule has 0 saturated carbocycles. The second-order valence-corrected chi connectivity index (χ2v) is 8.24. The maximum absolute atomic E-state index is 11.3. The van der Waals surface area contributed by atoms with Gasteiger partial charge < -0.3 is 20.4 Å². The van der Waals surface area contributed by atoms with Crippen molar-refractivity contribution in [3.05, 3.63) is 53.6 Å². The van der Waals surface area contributed by atoms with Gasteiger partial charge in [-0.2, -0.15) is 8.42 Å². The Hall–Kier alpha value is -2.41. The first-order valence-corrected chi connectivity index (χ1v) is 10.5. The third-order valence-corrected chi connectivity index (χ3v) is 5.36. The van der Waals surface area contributed by atoms with E-state index in [-0.39, 0.29) is 17.1 Å². The summed E-state index contributed by atoms with van der Waals surface area (Å²) in [6, 6.07) is 10.5. The minimum atomic E-state index is -4.41. The largest absolute Gasteiger partial charge is 0.394 e. The maximum atomic E-state index is 11.3. The Morgan fingerprint density at radius 3 is 2.30 bits per heavy atom. The zero-order chi connectivity index (χ0) is 22.5. The van der Waals surface area contributed by atoms with E-state index in [1.807, 2.05) is 19.9 Å². The molecule has 0 aliphatic heterocycles. The molecule has 0 radical (unpaired) electrons. The molecule has 0 spiro atoms. The van der Waals surface area contributed by atoms with Crippen molar-refractivity contribution in [2.45, 2.75) is 37.1 Å². The summed E-state index contributed by atoms with van der Waals surface area (Å²) >= 11 is 0. The van der Waals surface area contributed by atoms with Gasteiger partial charge >= 0.3 is 0 Å². The molecule has 0 unspecified atom stereocenters. The van der Waals surface area contributed by atoms with E-state index in [0.29, 0.717) is 5.69 Å². The van der Waals surface area contributed by atoms with Crippen molar-refractivity contribution in [1.29, 1.82) is 0 Å². The van der Waals surface area contributed by atoms with Gasteiger partial charge in [-0.3, -0.25) is 4.55 Å². The van der Waals surface area contributed by atoms with Crippen LogP contribution in [0.5, 0.6) is 0 Å². The van der Waals surface area contributed by atoms with Crippen LogP contribution in [-0.4, -0.2) is 64.9 Å². The molecule has 0 aliphatic carbocycles. The Morgan fingerprint density at radius 2 is 1.70 bits per heavy atom. The van der Waals surface area contributed by atoms with Gasteiger partial charge in [0.1, 0.15) is 18.3 Å². The molecular formula is C19H25N3O7S. The van der Waals surface area contributed by atoms with Gasteiger partial charge in [0.05, 0.1) is 29.4 Å². The summed E-state index contributed by atoms with van der Waals surface area (Å²) in [5.41, 5.74) is 2.61. The highest BCUT2D eigenvalue weighted by Gasteiger charge is 2.26. The number of hydrogen-bond donors (Lipinski definition) is 5. The Bertz CT molecular complexity index is 997. The highest BCUT2D eigenvalue weighted by atomic mass is 32.2. The van der Waals surface area contributed by atoms with Crippen molar-refractivity contribution in [3.8, 4) is 0 Å². The van der Waals surface area contributed by atoms with Gasteiger partial charge in [-0.25, -0.2) is 5.01 Å². The Labute approximate surface area is 174 Å². The van der Waals surface area contributed by atoms with Gasteiger partial charge in [0, 0.05) is 0 Å². The van der Waals surface area contributed by atoms with Crippen molar-refractivity contribution < 1.29 is 33.4 Å². The van der Waals surface area contributed by atoms with Crippen molar-refractivity contribution in [2.24, 2.45) is 10.3 Å². The maximum Gasteiger partial charge on any atom is 0.294 e. The number of aliphatic hydroxyl groups excluding tert-OH is 4. The van der Waals surface area contributed by atoms with Crippen LogP contribution in [0.2, 0.25) is 0 Å². The van der Waals surface area contributed by atoms with Crippen LogP contribution >= 0.6 is 0 Å². The summed E-state index contributed by atoms with van der Waals surface area (Å²) in [6.07, 6.45) is -4.64. The molecule has 2 aromatic rings. The lowest BCUT2D eigenvalue weighted by molar-refractivity contribution is -0.0732. The minimum Gasteiger partial charge on any atom is -0.394 e. The molecule has 3 atom stereocenters. The van der Waals surface area contributed by atoms with Crippen molar-refractivity contribution in [3.63, 3.8) is 0 Å². The molecule has 0 heterocycles. The first-order chi connectivity index (χ1) is 14.0. The molecule has 0 aromatic heterocycles. The van der Waals surface area contributed by atoms with E-state index >= 15 is 0 Å². The van der Waals surface area contributed by atoms with Crippen LogP contribution in [-0.2, 0) is 10.1 Å². The standard InChI is InChI=1S/C19H25N3O7S/c1-12-6-7-15(8-13(12)2)22(10-17(24)19(26)18(25)11-23)21-20-14-4-3-5-16(9-14)30(27,28)29/h3-9,17-19,23-26H,10-11H2,1-2H3,(H,27,28,29)/t17-,18-,19-/m0/s1. The molecule has 0 amide bonds. The van der Waals surface area contributed by atoms with E-state index in [0.717, 1.165) is 17.2 Å². The van der Waals surface area contributed by atoms with Crippen LogP contribution in [0.3, 0.4) is 0 Å². The first-order valence-electron chi connectivity index (χ1n) is 9.02. The van der Waals surface area contributed by atoms with E-state index in [9.17, 15) is 23.7 Å². The van der Waals surface area contributed by atoms with E-state index in [4.69, 9.17) is 9.66 Å². The minimum absolute atomic E-state index is 0.129. The SMILES string of the molecule is Cc1ccc(N(C[C@H](O)[C@H](O)[C@@H](O)CO)N=Nc2cccc(S(=O)(=O)O)c2)cc1C. The average molecular weight is 439 g/mol. The molecular weight excluding hydrogens is 414 g/mol. The Kier molecular flexibility index (Phi) is 8.01. The second-order valence-electron chi connectivity index (χ2n) is 6.82. The van der Waals surface area contributed by atoms with Crippen LogP contribution in [0.15, 0.2) is 57.7 Å². The highest BCUT2D eigenvalue weighted by Crippen LogP contribution is 2.23. The number of hydrogen-bond acceptors (Lipinski definition) is 8. The lowest BCUT2D eigenvalue weighted by Crippen LogP contribution is -2.44. The number of rotatable bonds is 9. The van der Waals surface area contributed by atoms with Crippen molar-refractivity contribution in [2.75, 3.05) is 18.2 Å². The van der Waals surface area contributed by atoms with Gasteiger partial charge in [0.25, 0.3) is 10.1 Å². The van der Waals surface area contributed by atoms with Gasteiger partial charge in [-0.05, 0) is 55.3 Å². The Morgan fingerprint density at radius 1 is 1.00 bits per heavy atom. The summed E-state index contributed by atoms with van der Waals surface area (Å²) in [7, 11) is -4.41. The zero-order valence-electron chi connectivity index (χ0n) is 16.5. The van der Waals surface area contributed by atoms with E-state index < -0.39 is 35.0 Å². The van der Waals surface area contributed by atoms with Gasteiger partial charge in [0.2, 0.25) is 0 Å². The highest BCUT2D eigenvalue weighted by molar-refractivity contribution is 7.85. The summed E-state index contributed by atoms with van der Waals surface area (Å²) < 4.78 is 31.8. The van der Waals surface area contributed by atoms with Gasteiger partial charge in [-0.15, -0.1) is 5.11 Å². The zero-order valence-corrected chi connectivity index (χ0v) is 17.3. The van der Waals surface area contributed by atoms with Crippen LogP contribution < -0.4 is 5.01 Å². The van der Waals surface area contributed by atoms with Crippen LogP contribution in [0.1, 0.15) is 11.1 Å². The predicted octanol–water partition coefficient (Wildman–Crippen LogP) is 1.13. The van der Waals surface area contributed by atoms with Crippen LogP contribution in [0.4, 0.5) is 11.4 Å². The number of anilines is 1. The molecule has 0 saturated heterocycles. The molecule has 164 valence electrons. The molecule has 2 rings (SSSR count). The quantitative estimate of drug-likeness (QED) is 0.220. The Balaban J connectivity index is 2.36. The topological polar surface area (TPSA) is 163 Å². The fraction of sp³-hybridized carbons (Fsp3) is 0.368. The molecule has 2 aromatic carbocycles. The van der Waals surface area contributed by atoms with Gasteiger partial charge in [-0.1, -0.05) is 17.4 Å². The third-order valence-electron chi connectivity index (χ3n) is 4.51. The summed E-state index contributed by atoms with van der Waals surface area (Å²) in [6.45, 7) is 2.79. The number of aryl methyl sites for hydroxylation is 2. The predicted molar refractivity (Wildman–Crippen MR) is 109 cm³/mol. The fourth-order valence-electron chi connectivity index (χ4n) is 2.54. The number of nitrogens with zero attached hydrogens (tertiary/aromatic N) is 3. The lowest BCUT2D eigenvalue weighted by atomic mass is 10.1. The molecule has 5 N–H and O–H groups in total. The average Bonchev–Trinajstić information content (AvgIpc) is 2.71. The fourth-order valence-corrected chi connectivity index (χ4v) is 3.06. The van der Waals surface area contributed by atoms with Crippen LogP contribution in [0, 0.1) is 13.8 Å². The molecule has 0 bridgehead atoms. The molecule has 0 aliphatic rings. The summed E-state index contributed by atoms with van der Waals surface area (Å²) in [5.74, 6) is 0. The number of aliphatic hydroxyl groups is 4. The van der Waals surface area contributed by atoms with Crippen LogP contribution in [0.25, 0.3) is 0 Å². The third kappa shape index (κ3) is 6.29. The number of benzene rings is 2. The van der Waals surface area contributed by atoms with E-state index in [1.165, 1.54) is 23.2 Å². The second kappa shape index (κ2) is 10.1. The monoisotopic (exact) mass is 439 g/mol. The smallest absolute Gasteiger partial charge is 0.294 e. The van der Waals surface area contributed by atoms with Crippen molar-refractivity contribution >= 4 is 21.5 Å². The normalized spacial score (nSPS) is 15.2. The lowest BCUT2D eigenvalue weighted by Gasteiger charge is -2.26. The molecule has 10 nitrogen and oxygen atoms in total.